The quantitative estimate of drug-likeness (QED) is 0.297. The highest BCUT2D eigenvalue weighted by Gasteiger charge is 2.41. The van der Waals surface area contributed by atoms with Crippen molar-refractivity contribution in [1.82, 2.24) is 0 Å². The van der Waals surface area contributed by atoms with Gasteiger partial charge in [0.15, 0.2) is 0 Å². The van der Waals surface area contributed by atoms with Crippen molar-refractivity contribution >= 4 is 0 Å². The van der Waals surface area contributed by atoms with E-state index >= 15 is 0 Å². The maximum absolute atomic E-state index is 10.9. The lowest BCUT2D eigenvalue weighted by atomic mass is 9.72. The maximum Gasteiger partial charge on any atom is 0.122 e. The van der Waals surface area contributed by atoms with Crippen molar-refractivity contribution in [3.05, 3.63) is 22.5 Å². The third-order valence-electron chi connectivity index (χ3n) is 8.64. The highest BCUT2D eigenvalue weighted by Crippen LogP contribution is 2.47. The van der Waals surface area contributed by atoms with Crippen molar-refractivity contribution in [3.8, 4) is 0 Å². The van der Waals surface area contributed by atoms with Crippen molar-refractivity contribution in [2.75, 3.05) is 0 Å². The molecule has 1 heterocycles. The number of allylic oxidation sites excluding steroid dienone is 1. The van der Waals surface area contributed by atoms with E-state index in [0.717, 1.165) is 48.3 Å². The number of rotatable bonds is 13. The van der Waals surface area contributed by atoms with E-state index in [1.54, 1.807) is 0 Å². The van der Waals surface area contributed by atoms with Crippen LogP contribution in [0.25, 0.3) is 0 Å². The fraction of sp³-hybridized carbons (Fsp3) is 0.871. The number of hydrogen-bond acceptors (Lipinski definition) is 2. The van der Waals surface area contributed by atoms with Crippen LogP contribution in [0, 0.1) is 29.6 Å². The molecule has 0 radical (unpaired) electrons. The Labute approximate surface area is 206 Å². The molecule has 0 amide bonds. The molecular weight excluding hydrogens is 404 g/mol. The van der Waals surface area contributed by atoms with Crippen LogP contribution in [0.5, 0.6) is 0 Å². The summed E-state index contributed by atoms with van der Waals surface area (Å²) in [5.41, 5.74) is 3.63. The molecular formula is C31H56O2. The standard InChI is InChI=1S/C31H56O2/c1-21(2)13-10-14-23(5)15-11-16-24(6)17-12-19-31(9)20-18-27-25(7)29(32)28(22(3)4)26(8)30(27)33-31/h21-24,28-29,32H,10-20H2,1-9H3. The predicted molar refractivity (Wildman–Crippen MR) is 143 cm³/mol. The lowest BCUT2D eigenvalue weighted by molar-refractivity contribution is -0.0193. The normalized spacial score (nSPS) is 27.8. The Kier molecular flexibility index (Phi) is 11.0. The van der Waals surface area contributed by atoms with E-state index in [-0.39, 0.29) is 17.6 Å². The van der Waals surface area contributed by atoms with Crippen LogP contribution in [0.1, 0.15) is 133 Å². The summed E-state index contributed by atoms with van der Waals surface area (Å²) in [6.07, 6.45) is 13.8. The van der Waals surface area contributed by atoms with Crippen LogP contribution >= 0.6 is 0 Å². The average Bonchev–Trinajstić information content (AvgIpc) is 2.71. The lowest BCUT2D eigenvalue weighted by Gasteiger charge is -2.44. The predicted octanol–water partition coefficient (Wildman–Crippen LogP) is 9.23. The summed E-state index contributed by atoms with van der Waals surface area (Å²) >= 11 is 0. The van der Waals surface area contributed by atoms with Gasteiger partial charge in [-0.05, 0) is 86.8 Å². The van der Waals surface area contributed by atoms with Gasteiger partial charge in [0.25, 0.3) is 0 Å². The fourth-order valence-corrected chi connectivity index (χ4v) is 6.24. The molecule has 0 aromatic heterocycles. The van der Waals surface area contributed by atoms with E-state index in [0.29, 0.717) is 5.92 Å². The van der Waals surface area contributed by atoms with Crippen LogP contribution in [0.3, 0.4) is 0 Å². The van der Waals surface area contributed by atoms with Gasteiger partial charge in [-0.15, -0.1) is 0 Å². The van der Waals surface area contributed by atoms with Gasteiger partial charge < -0.3 is 9.84 Å². The Morgan fingerprint density at radius 2 is 1.39 bits per heavy atom. The third-order valence-corrected chi connectivity index (χ3v) is 8.64. The van der Waals surface area contributed by atoms with Crippen LogP contribution in [-0.4, -0.2) is 16.8 Å². The van der Waals surface area contributed by atoms with Gasteiger partial charge in [0.1, 0.15) is 11.4 Å². The summed E-state index contributed by atoms with van der Waals surface area (Å²) in [5, 5.41) is 10.9. The van der Waals surface area contributed by atoms with Crippen molar-refractivity contribution in [2.45, 2.75) is 145 Å². The second kappa shape index (κ2) is 12.8. The van der Waals surface area contributed by atoms with E-state index in [9.17, 15) is 5.11 Å². The SMILES string of the molecule is CC1=C2CCC(C)(CCCC(C)CCCC(C)CCCC(C)C)OC2=C(C)C(C(C)C)C1O. The minimum Gasteiger partial charge on any atom is -0.487 e. The third kappa shape index (κ3) is 8.15. The highest BCUT2D eigenvalue weighted by molar-refractivity contribution is 5.43. The summed E-state index contributed by atoms with van der Waals surface area (Å²) in [6.45, 7) is 20.6. The Morgan fingerprint density at radius 3 is 1.94 bits per heavy atom. The lowest BCUT2D eigenvalue weighted by Crippen LogP contribution is -2.39. The van der Waals surface area contributed by atoms with Gasteiger partial charge in [-0.3, -0.25) is 0 Å². The minimum absolute atomic E-state index is 0.0607. The Bertz CT molecular complexity index is 670. The fourth-order valence-electron chi connectivity index (χ4n) is 6.24. The Morgan fingerprint density at radius 1 is 0.848 bits per heavy atom. The molecule has 1 aliphatic carbocycles. The molecule has 33 heavy (non-hydrogen) atoms. The van der Waals surface area contributed by atoms with Gasteiger partial charge in [-0.1, -0.05) is 86.5 Å². The monoisotopic (exact) mass is 460 g/mol. The molecule has 192 valence electrons. The van der Waals surface area contributed by atoms with Gasteiger partial charge in [0.2, 0.25) is 0 Å². The number of aliphatic hydroxyl groups is 1. The number of fused-ring (bicyclic) bond motifs is 1. The average molecular weight is 461 g/mol. The highest BCUT2D eigenvalue weighted by atomic mass is 16.5. The first kappa shape index (κ1) is 28.5. The molecule has 1 saturated heterocycles. The van der Waals surface area contributed by atoms with Crippen molar-refractivity contribution in [1.29, 1.82) is 0 Å². The molecule has 0 spiro atoms. The van der Waals surface area contributed by atoms with Crippen molar-refractivity contribution in [2.24, 2.45) is 29.6 Å². The molecule has 2 nitrogen and oxygen atoms in total. The first-order valence-electron chi connectivity index (χ1n) is 14.2. The van der Waals surface area contributed by atoms with E-state index < -0.39 is 0 Å². The Hall–Kier alpha value is -0.760. The first-order chi connectivity index (χ1) is 15.4. The first-order valence-corrected chi connectivity index (χ1v) is 14.2. The summed E-state index contributed by atoms with van der Waals surface area (Å²) in [7, 11) is 0. The zero-order valence-corrected chi connectivity index (χ0v) is 23.6. The second-order valence-corrected chi connectivity index (χ2v) is 12.8. The number of hydrogen-bond donors (Lipinski definition) is 1. The van der Waals surface area contributed by atoms with Gasteiger partial charge in [0, 0.05) is 5.92 Å². The van der Waals surface area contributed by atoms with Crippen LogP contribution in [-0.2, 0) is 4.74 Å². The molecule has 0 saturated carbocycles. The molecule has 2 aliphatic rings. The van der Waals surface area contributed by atoms with Crippen LogP contribution in [0.15, 0.2) is 22.5 Å². The number of ether oxygens (including phenoxy) is 1. The van der Waals surface area contributed by atoms with Gasteiger partial charge in [0.05, 0.1) is 6.10 Å². The van der Waals surface area contributed by atoms with Crippen molar-refractivity contribution < 1.29 is 9.84 Å². The van der Waals surface area contributed by atoms with Gasteiger partial charge in [-0.25, -0.2) is 0 Å². The molecule has 1 aliphatic heterocycles. The zero-order chi connectivity index (χ0) is 24.8. The van der Waals surface area contributed by atoms with E-state index in [2.05, 4.69) is 62.3 Å². The maximum atomic E-state index is 10.9. The molecule has 1 N–H and O–H groups in total. The van der Waals surface area contributed by atoms with Gasteiger partial charge in [-0.2, -0.15) is 0 Å². The zero-order valence-electron chi connectivity index (χ0n) is 23.6. The molecule has 2 heteroatoms. The van der Waals surface area contributed by atoms with E-state index in [1.165, 1.54) is 62.5 Å². The molecule has 0 aromatic carbocycles. The summed E-state index contributed by atoms with van der Waals surface area (Å²) < 4.78 is 6.75. The van der Waals surface area contributed by atoms with E-state index in [1.807, 2.05) is 0 Å². The van der Waals surface area contributed by atoms with Crippen LogP contribution in [0.4, 0.5) is 0 Å². The van der Waals surface area contributed by atoms with Crippen LogP contribution in [0.2, 0.25) is 0 Å². The summed E-state index contributed by atoms with van der Waals surface area (Å²) in [6, 6.07) is 0. The van der Waals surface area contributed by atoms with E-state index in [4.69, 9.17) is 4.74 Å². The topological polar surface area (TPSA) is 29.5 Å². The summed E-state index contributed by atoms with van der Waals surface area (Å²) in [5.74, 6) is 4.26. The van der Waals surface area contributed by atoms with Crippen molar-refractivity contribution in [3.63, 3.8) is 0 Å². The number of aliphatic hydroxyl groups excluding tert-OH is 1. The molecule has 5 unspecified atom stereocenters. The second-order valence-electron chi connectivity index (χ2n) is 12.8. The molecule has 5 atom stereocenters. The minimum atomic E-state index is -0.351. The molecule has 1 fully saturated rings. The molecule has 2 rings (SSSR count). The van der Waals surface area contributed by atoms with Crippen LogP contribution < -0.4 is 0 Å². The molecule has 0 aromatic rings. The van der Waals surface area contributed by atoms with Gasteiger partial charge >= 0.3 is 0 Å². The largest absolute Gasteiger partial charge is 0.487 e. The summed E-state index contributed by atoms with van der Waals surface area (Å²) in [4.78, 5) is 0. The molecule has 0 bridgehead atoms. The smallest absolute Gasteiger partial charge is 0.122 e. The Balaban J connectivity index is 1.78.